The molecule has 1 aromatic rings. The third-order valence-corrected chi connectivity index (χ3v) is 4.10. The van der Waals surface area contributed by atoms with E-state index in [1.807, 2.05) is 0 Å². The molecule has 0 saturated heterocycles. The Hall–Kier alpha value is -1.22. The van der Waals surface area contributed by atoms with E-state index in [-0.39, 0.29) is 5.97 Å². The molecule has 0 spiro atoms. The fourth-order valence-electron chi connectivity index (χ4n) is 2.72. The second kappa shape index (κ2) is 6.29. The number of nitrogens with one attached hydrogen (secondary N) is 1. The summed E-state index contributed by atoms with van der Waals surface area (Å²) in [5, 5.41) is 4.07. The number of esters is 1. The second-order valence-corrected chi connectivity index (χ2v) is 5.55. The first-order valence-electron chi connectivity index (χ1n) is 6.78. The molecule has 0 aromatic heterocycles. The van der Waals surface area contributed by atoms with E-state index in [2.05, 4.69) is 12.2 Å². The van der Waals surface area contributed by atoms with E-state index in [9.17, 15) is 4.79 Å². The molecular formula is C15H20ClNO2. The number of benzene rings is 1. The smallest absolute Gasteiger partial charge is 0.339 e. The van der Waals surface area contributed by atoms with Gasteiger partial charge in [-0.05, 0) is 43.4 Å². The summed E-state index contributed by atoms with van der Waals surface area (Å²) in [5.74, 6) is 0.461. The molecule has 0 amide bonds. The molecule has 0 bridgehead atoms. The van der Waals surface area contributed by atoms with Gasteiger partial charge in [-0.15, -0.1) is 0 Å². The molecule has 2 atom stereocenters. The van der Waals surface area contributed by atoms with Gasteiger partial charge in [0.25, 0.3) is 0 Å². The minimum atomic E-state index is -0.329. The maximum Gasteiger partial charge on any atom is 0.339 e. The summed E-state index contributed by atoms with van der Waals surface area (Å²) in [7, 11) is 1.39. The number of methoxy groups -OCH3 is 1. The standard InChI is InChI=1S/C15H20ClNO2/c1-3-10-4-6-12(8-10)17-14-9-11(16)5-7-13(14)15(18)19-2/h5,7,9-10,12,17H,3-4,6,8H2,1-2H3. The number of hydrogen-bond acceptors (Lipinski definition) is 3. The van der Waals surface area contributed by atoms with E-state index < -0.39 is 0 Å². The molecule has 1 N–H and O–H groups in total. The lowest BCUT2D eigenvalue weighted by atomic mass is 10.1. The van der Waals surface area contributed by atoms with Gasteiger partial charge < -0.3 is 10.1 Å². The van der Waals surface area contributed by atoms with Crippen LogP contribution in [0.1, 0.15) is 43.0 Å². The number of carbonyl (C=O) groups is 1. The second-order valence-electron chi connectivity index (χ2n) is 5.11. The van der Waals surface area contributed by atoms with Gasteiger partial charge in [0.05, 0.1) is 18.4 Å². The molecule has 4 heteroatoms. The van der Waals surface area contributed by atoms with Crippen molar-refractivity contribution >= 4 is 23.3 Å². The van der Waals surface area contributed by atoms with Crippen molar-refractivity contribution in [3.05, 3.63) is 28.8 Å². The van der Waals surface area contributed by atoms with Gasteiger partial charge in [-0.25, -0.2) is 4.79 Å². The number of hydrogen-bond donors (Lipinski definition) is 1. The normalized spacial score (nSPS) is 22.3. The van der Waals surface area contributed by atoms with Crippen LogP contribution in [0.4, 0.5) is 5.69 Å². The molecule has 0 aliphatic heterocycles. The zero-order valence-electron chi connectivity index (χ0n) is 11.4. The Morgan fingerprint density at radius 3 is 2.89 bits per heavy atom. The quantitative estimate of drug-likeness (QED) is 0.844. The lowest BCUT2D eigenvalue weighted by Crippen LogP contribution is -2.18. The van der Waals surface area contributed by atoms with Gasteiger partial charge in [-0.1, -0.05) is 24.9 Å². The Morgan fingerprint density at radius 1 is 1.47 bits per heavy atom. The van der Waals surface area contributed by atoms with Crippen molar-refractivity contribution in [2.45, 2.75) is 38.6 Å². The van der Waals surface area contributed by atoms with Crippen LogP contribution in [-0.2, 0) is 4.74 Å². The van der Waals surface area contributed by atoms with Crippen LogP contribution in [0.25, 0.3) is 0 Å². The average Bonchev–Trinajstić information content (AvgIpc) is 2.86. The third-order valence-electron chi connectivity index (χ3n) is 3.87. The number of rotatable bonds is 4. The number of anilines is 1. The van der Waals surface area contributed by atoms with Crippen molar-refractivity contribution in [3.63, 3.8) is 0 Å². The molecule has 2 rings (SSSR count). The average molecular weight is 282 g/mol. The van der Waals surface area contributed by atoms with Gasteiger partial charge in [0, 0.05) is 11.1 Å². The Morgan fingerprint density at radius 2 is 2.26 bits per heavy atom. The van der Waals surface area contributed by atoms with E-state index in [4.69, 9.17) is 16.3 Å². The summed E-state index contributed by atoms with van der Waals surface area (Å²) < 4.78 is 4.80. The molecule has 3 nitrogen and oxygen atoms in total. The van der Waals surface area contributed by atoms with Crippen LogP contribution < -0.4 is 5.32 Å². The maximum atomic E-state index is 11.7. The monoisotopic (exact) mass is 281 g/mol. The van der Waals surface area contributed by atoms with Crippen LogP contribution in [0.3, 0.4) is 0 Å². The summed E-state index contributed by atoms with van der Waals surface area (Å²) in [5.41, 5.74) is 1.33. The van der Waals surface area contributed by atoms with E-state index >= 15 is 0 Å². The fraction of sp³-hybridized carbons (Fsp3) is 0.533. The number of carbonyl (C=O) groups excluding carboxylic acids is 1. The molecular weight excluding hydrogens is 262 g/mol. The first-order chi connectivity index (χ1) is 9.13. The van der Waals surface area contributed by atoms with E-state index in [0.29, 0.717) is 16.6 Å². The minimum absolute atomic E-state index is 0.329. The van der Waals surface area contributed by atoms with Crippen LogP contribution >= 0.6 is 11.6 Å². The number of halogens is 1. The molecule has 0 heterocycles. The molecule has 1 aliphatic carbocycles. The zero-order chi connectivity index (χ0) is 13.8. The van der Waals surface area contributed by atoms with Crippen molar-refractivity contribution in [1.29, 1.82) is 0 Å². The zero-order valence-corrected chi connectivity index (χ0v) is 12.2. The van der Waals surface area contributed by atoms with Crippen LogP contribution in [0.2, 0.25) is 5.02 Å². The highest BCUT2D eigenvalue weighted by Gasteiger charge is 2.24. The first-order valence-corrected chi connectivity index (χ1v) is 7.16. The third kappa shape index (κ3) is 3.41. The summed E-state index contributed by atoms with van der Waals surface area (Å²) in [6.07, 6.45) is 4.77. The predicted molar refractivity (Wildman–Crippen MR) is 77.8 cm³/mol. The van der Waals surface area contributed by atoms with Crippen LogP contribution in [-0.4, -0.2) is 19.1 Å². The first kappa shape index (κ1) is 14.2. The highest BCUT2D eigenvalue weighted by molar-refractivity contribution is 6.31. The molecule has 2 unspecified atom stereocenters. The SMILES string of the molecule is CCC1CCC(Nc2cc(Cl)ccc2C(=O)OC)C1. The Bertz CT molecular complexity index is 461. The summed E-state index contributed by atoms with van der Waals surface area (Å²) in [6.45, 7) is 2.23. The van der Waals surface area contributed by atoms with Gasteiger partial charge >= 0.3 is 5.97 Å². The van der Waals surface area contributed by atoms with Gasteiger partial charge in [0.2, 0.25) is 0 Å². The van der Waals surface area contributed by atoms with Crippen LogP contribution in [0.5, 0.6) is 0 Å². The molecule has 1 saturated carbocycles. The van der Waals surface area contributed by atoms with E-state index in [1.54, 1.807) is 18.2 Å². The Kier molecular flexibility index (Phi) is 4.70. The Balaban J connectivity index is 2.14. The van der Waals surface area contributed by atoms with Crippen LogP contribution in [0, 0.1) is 5.92 Å². The Labute approximate surface area is 119 Å². The number of ether oxygens (including phenoxy) is 1. The van der Waals surface area contributed by atoms with Gasteiger partial charge in [-0.3, -0.25) is 0 Å². The van der Waals surface area contributed by atoms with Crippen molar-refractivity contribution in [3.8, 4) is 0 Å². The summed E-state index contributed by atoms with van der Waals surface area (Å²) in [6, 6.07) is 5.64. The van der Waals surface area contributed by atoms with Crippen molar-refractivity contribution in [2.24, 2.45) is 5.92 Å². The topological polar surface area (TPSA) is 38.3 Å². The molecule has 1 fully saturated rings. The molecule has 1 aliphatic rings. The summed E-state index contributed by atoms with van der Waals surface area (Å²) >= 11 is 6.01. The lowest BCUT2D eigenvalue weighted by Gasteiger charge is -2.17. The van der Waals surface area contributed by atoms with Crippen molar-refractivity contribution in [2.75, 3.05) is 12.4 Å². The highest BCUT2D eigenvalue weighted by atomic mass is 35.5. The van der Waals surface area contributed by atoms with Gasteiger partial charge in [0.15, 0.2) is 0 Å². The summed E-state index contributed by atoms with van der Waals surface area (Å²) in [4.78, 5) is 11.7. The van der Waals surface area contributed by atoms with Crippen molar-refractivity contribution in [1.82, 2.24) is 0 Å². The fourth-order valence-corrected chi connectivity index (χ4v) is 2.89. The highest BCUT2D eigenvalue weighted by Crippen LogP contribution is 2.32. The van der Waals surface area contributed by atoms with Gasteiger partial charge in [0.1, 0.15) is 0 Å². The van der Waals surface area contributed by atoms with Gasteiger partial charge in [-0.2, -0.15) is 0 Å². The van der Waals surface area contributed by atoms with E-state index in [1.165, 1.54) is 20.0 Å². The molecule has 104 valence electrons. The largest absolute Gasteiger partial charge is 0.465 e. The predicted octanol–water partition coefficient (Wildman–Crippen LogP) is 4.12. The van der Waals surface area contributed by atoms with E-state index in [0.717, 1.165) is 24.4 Å². The molecule has 0 radical (unpaired) electrons. The minimum Gasteiger partial charge on any atom is -0.465 e. The van der Waals surface area contributed by atoms with Crippen LogP contribution in [0.15, 0.2) is 18.2 Å². The molecule has 1 aromatic carbocycles. The maximum absolute atomic E-state index is 11.7. The van der Waals surface area contributed by atoms with Crippen molar-refractivity contribution < 1.29 is 9.53 Å². The lowest BCUT2D eigenvalue weighted by molar-refractivity contribution is 0.0602. The molecule has 19 heavy (non-hydrogen) atoms.